The smallest absolute Gasteiger partial charge is 0.147 e. The van der Waals surface area contributed by atoms with Crippen LogP contribution in [0.25, 0.3) is 17.0 Å². The van der Waals surface area contributed by atoms with Gasteiger partial charge in [0, 0.05) is 34.9 Å². The van der Waals surface area contributed by atoms with Crippen LogP contribution in [0, 0.1) is 13.8 Å². The molecule has 0 unspecified atom stereocenters. The fraction of sp³-hybridized carbons (Fsp3) is 0.320. The van der Waals surface area contributed by atoms with Gasteiger partial charge in [0.2, 0.25) is 0 Å². The van der Waals surface area contributed by atoms with Crippen LogP contribution >= 0.6 is 0 Å². The molecule has 5 nitrogen and oxygen atoms in total. The van der Waals surface area contributed by atoms with Gasteiger partial charge in [-0.3, -0.25) is 0 Å². The first-order valence-corrected chi connectivity index (χ1v) is 10.5. The summed E-state index contributed by atoms with van der Waals surface area (Å²) in [4.78, 5) is 14.2. The van der Waals surface area contributed by atoms with Gasteiger partial charge in [-0.2, -0.15) is 0 Å². The Hall–Kier alpha value is -3.05. The summed E-state index contributed by atoms with van der Waals surface area (Å²) in [5.41, 5.74) is 8.73. The lowest BCUT2D eigenvalue weighted by atomic mass is 10.0. The molecule has 0 aliphatic carbocycles. The number of para-hydroxylation sites is 1. The van der Waals surface area contributed by atoms with Crippen molar-refractivity contribution in [2.24, 2.45) is 4.99 Å². The van der Waals surface area contributed by atoms with Crippen molar-refractivity contribution in [1.29, 1.82) is 0 Å². The number of benzene rings is 1. The molecule has 2 N–H and O–H groups in total. The quantitative estimate of drug-likeness (QED) is 0.585. The van der Waals surface area contributed by atoms with Gasteiger partial charge in [-0.1, -0.05) is 18.2 Å². The van der Waals surface area contributed by atoms with E-state index in [-0.39, 0.29) is 0 Å². The molecule has 0 radical (unpaired) electrons. The highest BCUT2D eigenvalue weighted by molar-refractivity contribution is 6.14. The number of nitrogens with zero attached hydrogens (tertiary/aromatic N) is 2. The van der Waals surface area contributed by atoms with E-state index >= 15 is 0 Å². The Labute approximate surface area is 178 Å². The number of nitrogens with one attached hydrogen (secondary N) is 2. The summed E-state index contributed by atoms with van der Waals surface area (Å²) < 4.78 is 5.94. The third-order valence-electron chi connectivity index (χ3n) is 5.41. The summed E-state index contributed by atoms with van der Waals surface area (Å²) in [7, 11) is 4.21. The maximum atomic E-state index is 5.94. The fourth-order valence-electron chi connectivity index (χ4n) is 3.97. The van der Waals surface area contributed by atoms with E-state index in [0.717, 1.165) is 52.7 Å². The first-order chi connectivity index (χ1) is 14.5. The van der Waals surface area contributed by atoms with Gasteiger partial charge in [-0.25, -0.2) is 4.99 Å². The van der Waals surface area contributed by atoms with Gasteiger partial charge in [-0.05, 0) is 70.6 Å². The second kappa shape index (κ2) is 8.36. The Morgan fingerprint density at radius 3 is 2.63 bits per heavy atom. The number of aromatic nitrogens is 2. The zero-order valence-corrected chi connectivity index (χ0v) is 18.5. The first-order valence-electron chi connectivity index (χ1n) is 10.5. The van der Waals surface area contributed by atoms with Crippen LogP contribution in [0.15, 0.2) is 52.9 Å². The number of aromatic amines is 2. The van der Waals surface area contributed by atoms with Crippen molar-refractivity contribution in [3.05, 3.63) is 76.1 Å². The average molecular weight is 403 g/mol. The summed E-state index contributed by atoms with van der Waals surface area (Å²) in [6.45, 7) is 7.77. The van der Waals surface area contributed by atoms with Gasteiger partial charge in [0.1, 0.15) is 11.5 Å². The molecule has 30 heavy (non-hydrogen) atoms. The van der Waals surface area contributed by atoms with Crippen LogP contribution in [-0.4, -0.2) is 47.8 Å². The van der Waals surface area contributed by atoms with Crippen molar-refractivity contribution < 1.29 is 4.74 Å². The maximum absolute atomic E-state index is 5.94. The Bertz CT molecular complexity index is 1160. The molecular formula is C25H30N4O. The molecule has 3 heterocycles. The highest BCUT2D eigenvalue weighted by Gasteiger charge is 2.22. The Morgan fingerprint density at radius 2 is 1.93 bits per heavy atom. The van der Waals surface area contributed by atoms with Gasteiger partial charge >= 0.3 is 0 Å². The topological polar surface area (TPSA) is 56.4 Å². The third kappa shape index (κ3) is 3.98. The molecule has 2 aromatic heterocycles. The molecule has 156 valence electrons. The predicted molar refractivity (Wildman–Crippen MR) is 125 cm³/mol. The van der Waals surface area contributed by atoms with Crippen molar-refractivity contribution in [1.82, 2.24) is 14.9 Å². The van der Waals surface area contributed by atoms with Crippen LogP contribution in [0.2, 0.25) is 0 Å². The van der Waals surface area contributed by atoms with Crippen LogP contribution in [0.3, 0.4) is 0 Å². The van der Waals surface area contributed by atoms with Gasteiger partial charge < -0.3 is 19.6 Å². The number of hydrogen-bond acceptors (Lipinski definition) is 3. The lowest BCUT2D eigenvalue weighted by Crippen LogP contribution is -2.16. The summed E-state index contributed by atoms with van der Waals surface area (Å²) in [5.74, 6) is 0.816. The molecule has 0 saturated heterocycles. The fourth-order valence-corrected chi connectivity index (χ4v) is 3.97. The van der Waals surface area contributed by atoms with Crippen LogP contribution in [0.4, 0.5) is 0 Å². The maximum Gasteiger partial charge on any atom is 0.147 e. The van der Waals surface area contributed by atoms with Crippen molar-refractivity contribution in [3.8, 4) is 0 Å². The van der Waals surface area contributed by atoms with Gasteiger partial charge in [0.15, 0.2) is 0 Å². The lowest BCUT2D eigenvalue weighted by Gasteiger charge is -2.10. The summed E-state index contributed by atoms with van der Waals surface area (Å²) in [5, 5.41) is 1.26. The number of allylic oxidation sites excluding steroid dienone is 1. The van der Waals surface area contributed by atoms with Gasteiger partial charge in [0.25, 0.3) is 0 Å². The van der Waals surface area contributed by atoms with E-state index in [4.69, 9.17) is 9.73 Å². The van der Waals surface area contributed by atoms with Crippen LogP contribution in [0.5, 0.6) is 0 Å². The number of aliphatic imine (C=N–C) groups is 1. The molecule has 5 heteroatoms. The zero-order chi connectivity index (χ0) is 21.3. The number of fused-ring (bicyclic) bond motifs is 1. The van der Waals surface area contributed by atoms with E-state index in [0.29, 0.717) is 6.61 Å². The van der Waals surface area contributed by atoms with E-state index in [1.807, 2.05) is 6.92 Å². The van der Waals surface area contributed by atoms with E-state index in [1.165, 1.54) is 16.5 Å². The number of aryl methyl sites for hydroxylation is 2. The van der Waals surface area contributed by atoms with Crippen molar-refractivity contribution in [3.63, 3.8) is 0 Å². The Balaban J connectivity index is 1.80. The number of H-pyrrole nitrogens is 2. The second-order valence-electron chi connectivity index (χ2n) is 8.09. The zero-order valence-electron chi connectivity index (χ0n) is 18.5. The van der Waals surface area contributed by atoms with E-state index in [2.05, 4.69) is 85.3 Å². The number of rotatable bonds is 7. The highest BCUT2D eigenvalue weighted by atomic mass is 16.5. The molecule has 0 amide bonds. The van der Waals surface area contributed by atoms with E-state index < -0.39 is 0 Å². The van der Waals surface area contributed by atoms with E-state index in [9.17, 15) is 0 Å². The Morgan fingerprint density at radius 1 is 1.13 bits per heavy atom. The number of likely N-dealkylation sites (N-methyl/N-ethyl adjacent to an activating group) is 1. The largest absolute Gasteiger partial charge is 0.492 e. The van der Waals surface area contributed by atoms with E-state index in [1.54, 1.807) is 0 Å². The van der Waals surface area contributed by atoms with Gasteiger partial charge in [0.05, 0.1) is 18.0 Å². The first kappa shape index (κ1) is 20.2. The monoisotopic (exact) mass is 402 g/mol. The summed E-state index contributed by atoms with van der Waals surface area (Å²) >= 11 is 0. The molecule has 1 aliphatic heterocycles. The molecule has 0 fully saturated rings. The minimum atomic E-state index is 0.606. The van der Waals surface area contributed by atoms with Crippen LogP contribution in [0.1, 0.15) is 35.1 Å². The lowest BCUT2D eigenvalue weighted by molar-refractivity contribution is 0.239. The molecule has 1 aromatic carbocycles. The molecule has 0 atom stereocenters. The molecule has 0 bridgehead atoms. The Kier molecular flexibility index (Phi) is 5.64. The third-order valence-corrected chi connectivity index (χ3v) is 5.41. The minimum Gasteiger partial charge on any atom is -0.492 e. The molecule has 1 aliphatic rings. The van der Waals surface area contributed by atoms with Crippen molar-refractivity contribution >= 4 is 22.7 Å². The predicted octanol–water partition coefficient (Wildman–Crippen LogP) is 4.98. The van der Waals surface area contributed by atoms with Crippen LogP contribution in [-0.2, 0) is 11.2 Å². The van der Waals surface area contributed by atoms with Crippen molar-refractivity contribution in [2.75, 3.05) is 27.2 Å². The summed E-state index contributed by atoms with van der Waals surface area (Å²) in [6, 6.07) is 10.6. The van der Waals surface area contributed by atoms with Crippen molar-refractivity contribution in [2.45, 2.75) is 27.2 Å². The molecule has 0 spiro atoms. The molecule has 3 aromatic rings. The molecular weight excluding hydrogens is 372 g/mol. The minimum absolute atomic E-state index is 0.606. The molecule has 0 saturated carbocycles. The highest BCUT2D eigenvalue weighted by Crippen LogP contribution is 2.30. The summed E-state index contributed by atoms with van der Waals surface area (Å²) in [6.07, 6.45) is 5.10. The normalized spacial score (nSPS) is 15.3. The number of hydrogen-bond donors (Lipinski definition) is 2. The number of ether oxygens (including phenoxy) is 1. The second-order valence-corrected chi connectivity index (χ2v) is 8.09. The SMILES string of the molecule is CCOC1=CC(c2[nH]c3ccccc3c2CCN(C)C)=N/C1=C\c1[nH]c(C)cc1C. The standard InChI is InChI=1S/C25H30N4O/c1-6-30-24-15-23(27-22(24)14-21-16(2)13-17(3)26-21)25-19(11-12-29(4)5)18-9-7-8-10-20(18)28-25/h7-10,13-15,26,28H,6,11-12H2,1-5H3/b22-14-. The van der Waals surface area contributed by atoms with Crippen LogP contribution < -0.4 is 0 Å². The van der Waals surface area contributed by atoms with Gasteiger partial charge in [-0.15, -0.1) is 0 Å². The molecule has 4 rings (SSSR count). The average Bonchev–Trinajstić information content (AvgIpc) is 3.36.